The van der Waals surface area contributed by atoms with Crippen LogP contribution in [0.1, 0.15) is 193 Å². The summed E-state index contributed by atoms with van der Waals surface area (Å²) in [5.74, 6) is 4.66. The van der Waals surface area contributed by atoms with Gasteiger partial charge in [0.2, 0.25) is 0 Å². The first-order valence-electron chi connectivity index (χ1n) is 19.6. The van der Waals surface area contributed by atoms with E-state index >= 15 is 0 Å². The average molecular weight is 833 g/mol. The Morgan fingerprint density at radius 1 is 0.627 bits per heavy atom. The second-order valence-electron chi connectivity index (χ2n) is 15.7. The van der Waals surface area contributed by atoms with Crippen molar-refractivity contribution < 1.29 is 4.42 Å². The summed E-state index contributed by atoms with van der Waals surface area (Å²) in [5, 5.41) is 4.05. The van der Waals surface area contributed by atoms with E-state index in [-0.39, 0.29) is 29.7 Å². The van der Waals surface area contributed by atoms with Gasteiger partial charge in [0.15, 0.2) is 0 Å². The molecule has 0 bridgehead atoms. The number of rotatable bonds is 6. The van der Waals surface area contributed by atoms with Crippen molar-refractivity contribution in [2.45, 2.75) is 162 Å². The molecule has 0 aliphatic rings. The molecule has 0 spiro atoms. The fourth-order valence-corrected chi connectivity index (χ4v) is 5.53. The van der Waals surface area contributed by atoms with Crippen LogP contribution in [0.5, 0.6) is 0 Å². The molecule has 6 rings (SSSR count). The molecule has 0 radical (unpaired) electrons. The number of nitrogens with two attached hydrogens (primary N) is 1. The minimum absolute atomic E-state index is 0. The zero-order chi connectivity index (χ0) is 41.7. The molecule has 0 aliphatic heterocycles. The van der Waals surface area contributed by atoms with Gasteiger partial charge in [-0.25, -0.2) is 0 Å². The standard InChI is InChI=1S/C9H15N.2C9H13N.C7H12N2.C7H10O.C6H9NS.4CH4/c1-7(2)9-6-5-8(3)10(9)4;1-7(2)9-4-5-10-8(3)6-9;1-7(2)8-3-5-9(10)6-4-8;1-6(2)7-4-8-9(3)5-7;1-6(2)7-4-3-5-8-7;1-5(2)6-3-7-4-8-6;;;;/h5-7H,1-4H3;4-7H,1-3H3;3-7H,10H2,1-2H3;4-6H,1-3H3;3-6H,1-2H3;3-5H,1-2H3;4*1H4. The van der Waals surface area contributed by atoms with E-state index in [1.54, 1.807) is 17.6 Å². The van der Waals surface area contributed by atoms with E-state index in [0.29, 0.717) is 35.5 Å². The van der Waals surface area contributed by atoms with Crippen LogP contribution in [0, 0.1) is 13.8 Å². The van der Waals surface area contributed by atoms with E-state index in [1.807, 2.05) is 73.2 Å². The van der Waals surface area contributed by atoms with Crippen molar-refractivity contribution >= 4 is 17.0 Å². The van der Waals surface area contributed by atoms with Gasteiger partial charge >= 0.3 is 0 Å². The van der Waals surface area contributed by atoms with Gasteiger partial charge in [0.05, 0.1) is 18.0 Å². The molecule has 0 aliphatic carbocycles. The Labute approximate surface area is 367 Å². The van der Waals surface area contributed by atoms with Crippen LogP contribution in [0.15, 0.2) is 102 Å². The molecule has 59 heavy (non-hydrogen) atoms. The molecule has 8 heteroatoms. The number of hydrogen-bond donors (Lipinski definition) is 1. The number of nitrogens with zero attached hydrogens (tertiary/aromatic N) is 5. The highest BCUT2D eigenvalue weighted by Crippen LogP contribution is 2.18. The predicted molar refractivity (Wildman–Crippen MR) is 265 cm³/mol. The van der Waals surface area contributed by atoms with Gasteiger partial charge in [-0.1, -0.05) is 125 Å². The summed E-state index contributed by atoms with van der Waals surface area (Å²) in [6.45, 7) is 30.2. The third-order valence-corrected chi connectivity index (χ3v) is 9.79. The van der Waals surface area contributed by atoms with Gasteiger partial charge < -0.3 is 14.7 Å². The first-order chi connectivity index (χ1) is 25.8. The van der Waals surface area contributed by atoms with E-state index < -0.39 is 0 Å². The molecular formula is C51H88N6OS. The Hall–Kier alpha value is -4.43. The van der Waals surface area contributed by atoms with Crippen LogP contribution < -0.4 is 5.73 Å². The fraction of sp³-hybridized carbons (Fsp3) is 0.510. The average Bonchev–Trinajstić information content (AvgIpc) is 3.96. The second-order valence-corrected chi connectivity index (χ2v) is 16.6. The van der Waals surface area contributed by atoms with Crippen LogP contribution in [-0.4, -0.2) is 24.3 Å². The van der Waals surface area contributed by atoms with E-state index in [1.165, 1.54) is 33.0 Å². The fourth-order valence-electron chi connectivity index (χ4n) is 4.89. The quantitative estimate of drug-likeness (QED) is 0.169. The Morgan fingerprint density at radius 3 is 1.47 bits per heavy atom. The van der Waals surface area contributed by atoms with Crippen LogP contribution in [0.25, 0.3) is 0 Å². The lowest BCUT2D eigenvalue weighted by atomic mass is 10.0. The number of thiazole rings is 1. The number of furan rings is 1. The van der Waals surface area contributed by atoms with E-state index in [2.05, 4.69) is 153 Å². The summed E-state index contributed by atoms with van der Waals surface area (Å²) in [7, 11) is 4.05. The topological polar surface area (TPSA) is 87.7 Å². The number of aryl methyl sites for hydroxylation is 3. The summed E-state index contributed by atoms with van der Waals surface area (Å²) in [6, 6.07) is 20.5. The van der Waals surface area contributed by atoms with E-state index in [0.717, 1.165) is 17.1 Å². The molecule has 7 nitrogen and oxygen atoms in total. The van der Waals surface area contributed by atoms with Crippen LogP contribution in [0.4, 0.5) is 5.69 Å². The largest absolute Gasteiger partial charge is 0.469 e. The lowest BCUT2D eigenvalue weighted by molar-refractivity contribution is 0.487. The zero-order valence-corrected chi connectivity index (χ0v) is 37.6. The molecular weight excluding hydrogens is 745 g/mol. The number of pyridine rings is 1. The number of benzene rings is 1. The van der Waals surface area contributed by atoms with Gasteiger partial charge in [0, 0.05) is 66.3 Å². The maximum Gasteiger partial charge on any atom is 0.106 e. The first kappa shape index (κ1) is 61.2. The van der Waals surface area contributed by atoms with Crippen molar-refractivity contribution in [3.63, 3.8) is 0 Å². The van der Waals surface area contributed by atoms with Gasteiger partial charge in [-0.15, -0.1) is 11.3 Å². The summed E-state index contributed by atoms with van der Waals surface area (Å²) >= 11 is 1.72. The minimum atomic E-state index is 0. The summed E-state index contributed by atoms with van der Waals surface area (Å²) in [6.07, 6.45) is 9.45. The van der Waals surface area contributed by atoms with Crippen LogP contribution >= 0.6 is 11.3 Å². The maximum atomic E-state index is 5.53. The molecule has 0 amide bonds. The van der Waals surface area contributed by atoms with Gasteiger partial charge in [0.1, 0.15) is 5.76 Å². The van der Waals surface area contributed by atoms with E-state index in [4.69, 9.17) is 10.2 Å². The molecule has 2 N–H and O–H groups in total. The lowest BCUT2D eigenvalue weighted by Gasteiger charge is -2.07. The molecule has 0 fully saturated rings. The molecule has 1 aromatic carbocycles. The molecule has 0 saturated carbocycles. The van der Waals surface area contributed by atoms with Crippen LogP contribution in [0.3, 0.4) is 0 Å². The highest BCUT2D eigenvalue weighted by atomic mass is 32.1. The highest BCUT2D eigenvalue weighted by Gasteiger charge is 2.04. The van der Waals surface area contributed by atoms with Gasteiger partial charge in [-0.3, -0.25) is 14.6 Å². The third kappa shape index (κ3) is 24.9. The smallest absolute Gasteiger partial charge is 0.106 e. The molecule has 0 unspecified atom stereocenters. The first-order valence-corrected chi connectivity index (χ1v) is 20.5. The molecule has 5 aromatic heterocycles. The number of hydrogen-bond acceptors (Lipinski definition) is 6. The summed E-state index contributed by atoms with van der Waals surface area (Å²) in [4.78, 5) is 9.45. The Kier molecular flexibility index (Phi) is 33.7. The van der Waals surface area contributed by atoms with Crippen molar-refractivity contribution in [3.8, 4) is 0 Å². The van der Waals surface area contributed by atoms with Gasteiger partial charge in [-0.05, 0) is 109 Å². The third-order valence-electron chi connectivity index (χ3n) is 8.72. The lowest BCUT2D eigenvalue weighted by Crippen LogP contribution is -1.99. The highest BCUT2D eigenvalue weighted by molar-refractivity contribution is 7.09. The van der Waals surface area contributed by atoms with Gasteiger partial charge in [0.25, 0.3) is 0 Å². The Bertz CT molecular complexity index is 1770. The molecule has 5 heterocycles. The predicted octanol–water partition coefficient (Wildman–Crippen LogP) is 16.1. The van der Waals surface area contributed by atoms with Crippen molar-refractivity contribution in [3.05, 3.63) is 142 Å². The van der Waals surface area contributed by atoms with Crippen molar-refractivity contribution in [1.29, 1.82) is 0 Å². The molecule has 0 saturated heterocycles. The Morgan fingerprint density at radius 2 is 1.20 bits per heavy atom. The van der Waals surface area contributed by atoms with Crippen LogP contribution in [-0.2, 0) is 14.1 Å². The minimum Gasteiger partial charge on any atom is -0.469 e. The zero-order valence-electron chi connectivity index (χ0n) is 36.8. The SMILES string of the molecule is C.C.C.C.CC(C)c1ccc(N)cc1.CC(C)c1ccco1.CC(C)c1cncs1.CC(C)c1cnn(C)c1.Cc1cc(C(C)C)ccn1.Cc1ccc(C(C)C)n1C. The van der Waals surface area contributed by atoms with Crippen molar-refractivity contribution in [1.82, 2.24) is 24.3 Å². The summed E-state index contributed by atoms with van der Waals surface area (Å²) < 4.78 is 9.16. The monoisotopic (exact) mass is 833 g/mol. The molecule has 6 aromatic rings. The Balaban J connectivity index is -0.000000304. The normalized spacial score (nSPS) is 9.80. The summed E-state index contributed by atoms with van der Waals surface area (Å²) in [5.41, 5.74) is 16.1. The van der Waals surface area contributed by atoms with Crippen molar-refractivity contribution in [2.75, 3.05) is 5.73 Å². The number of aromatic nitrogens is 5. The number of nitrogen functional groups attached to an aromatic ring is 1. The van der Waals surface area contributed by atoms with Crippen molar-refractivity contribution in [2.24, 2.45) is 14.1 Å². The number of anilines is 1. The second kappa shape index (κ2) is 32.4. The van der Waals surface area contributed by atoms with Gasteiger partial charge in [-0.2, -0.15) is 5.10 Å². The molecule has 334 valence electrons. The van der Waals surface area contributed by atoms with E-state index in [9.17, 15) is 0 Å². The molecule has 0 atom stereocenters. The maximum absolute atomic E-state index is 5.53. The van der Waals surface area contributed by atoms with Crippen LogP contribution in [0.2, 0.25) is 0 Å².